The van der Waals surface area contributed by atoms with Gasteiger partial charge in [-0.1, -0.05) is 0 Å². The highest BCUT2D eigenvalue weighted by atomic mass is 32.2. The van der Waals surface area contributed by atoms with E-state index in [4.69, 9.17) is 9.84 Å². The molecule has 1 aliphatic rings. The number of carbonyl (C=O) groups is 2. The first-order chi connectivity index (χ1) is 8.04. The molecular formula is C9H15NO7S. The minimum atomic E-state index is -4.44. The molecule has 18 heavy (non-hydrogen) atoms. The van der Waals surface area contributed by atoms with Crippen molar-refractivity contribution in [1.29, 1.82) is 0 Å². The molecule has 0 bridgehead atoms. The van der Waals surface area contributed by atoms with Crippen molar-refractivity contribution in [2.75, 3.05) is 6.61 Å². The minimum absolute atomic E-state index is 0.00935. The zero-order valence-corrected chi connectivity index (χ0v) is 11.1. The van der Waals surface area contributed by atoms with Gasteiger partial charge in [-0.05, 0) is 20.8 Å². The smallest absolute Gasteiger partial charge is 0.423 e. The second-order valence-corrected chi connectivity index (χ2v) is 6.18. The maximum atomic E-state index is 11.8. The van der Waals surface area contributed by atoms with Crippen molar-refractivity contribution in [3.05, 3.63) is 0 Å². The van der Waals surface area contributed by atoms with E-state index in [-0.39, 0.29) is 17.3 Å². The van der Waals surface area contributed by atoms with Gasteiger partial charge in [0.05, 0.1) is 6.61 Å². The largest absolute Gasteiger partial charge is 0.464 e. The van der Waals surface area contributed by atoms with Gasteiger partial charge in [-0.2, -0.15) is 12.7 Å². The van der Waals surface area contributed by atoms with Crippen LogP contribution in [0.15, 0.2) is 0 Å². The molecule has 0 radical (unpaired) electrons. The lowest BCUT2D eigenvalue weighted by atomic mass is 10.1. The van der Waals surface area contributed by atoms with Gasteiger partial charge in [0.25, 0.3) is 0 Å². The molecule has 1 saturated heterocycles. The Morgan fingerprint density at radius 1 is 1.39 bits per heavy atom. The summed E-state index contributed by atoms with van der Waals surface area (Å²) in [7, 11) is -4.44. The first-order valence-corrected chi connectivity index (χ1v) is 6.56. The number of hydrogen-bond donors (Lipinski definition) is 1. The lowest BCUT2D eigenvalue weighted by Crippen LogP contribution is -2.53. The van der Waals surface area contributed by atoms with E-state index in [0.717, 1.165) is 0 Å². The fraction of sp³-hybridized carbons (Fsp3) is 0.778. The molecule has 1 heterocycles. The number of nitrogens with zero attached hydrogens (tertiary/aromatic N) is 1. The van der Waals surface area contributed by atoms with Gasteiger partial charge in [0.1, 0.15) is 5.60 Å². The highest BCUT2D eigenvalue weighted by Crippen LogP contribution is 2.22. The molecular weight excluding hydrogens is 266 g/mol. The Kier molecular flexibility index (Phi) is 3.86. The van der Waals surface area contributed by atoms with Crippen molar-refractivity contribution < 1.29 is 32.0 Å². The summed E-state index contributed by atoms with van der Waals surface area (Å²) in [6.07, 6.45) is -1.84. The van der Waals surface area contributed by atoms with Gasteiger partial charge in [0.15, 0.2) is 6.04 Å². The number of amides is 1. The maximum absolute atomic E-state index is 11.8. The van der Waals surface area contributed by atoms with Crippen molar-refractivity contribution in [1.82, 2.24) is 4.31 Å². The van der Waals surface area contributed by atoms with E-state index in [2.05, 4.69) is 4.18 Å². The number of esters is 1. The third-order valence-corrected chi connectivity index (χ3v) is 3.37. The molecule has 0 aromatic rings. The first-order valence-electron chi connectivity index (χ1n) is 5.19. The van der Waals surface area contributed by atoms with Gasteiger partial charge >= 0.3 is 22.4 Å². The Morgan fingerprint density at radius 2 is 1.94 bits per heavy atom. The van der Waals surface area contributed by atoms with Crippen LogP contribution < -0.4 is 0 Å². The Labute approximate surface area is 105 Å². The molecule has 0 saturated carbocycles. The predicted molar refractivity (Wildman–Crippen MR) is 59.0 cm³/mol. The number of hydrogen-bond acceptors (Lipinski definition) is 6. The summed E-state index contributed by atoms with van der Waals surface area (Å²) in [5, 5.41) is 8.85. The average Bonchev–Trinajstić information content (AvgIpc) is 2.11. The van der Waals surface area contributed by atoms with Crippen LogP contribution in [0.5, 0.6) is 0 Å². The molecule has 1 fully saturated rings. The van der Waals surface area contributed by atoms with E-state index in [1.807, 2.05) is 0 Å². The molecule has 0 unspecified atom stereocenters. The monoisotopic (exact) mass is 281 g/mol. The van der Waals surface area contributed by atoms with Crippen LogP contribution in [0.25, 0.3) is 0 Å². The average molecular weight is 281 g/mol. The fourth-order valence-electron chi connectivity index (χ4n) is 1.41. The van der Waals surface area contributed by atoms with Gasteiger partial charge < -0.3 is 9.84 Å². The van der Waals surface area contributed by atoms with E-state index >= 15 is 0 Å². The van der Waals surface area contributed by atoms with E-state index in [9.17, 15) is 18.0 Å². The molecule has 1 aliphatic heterocycles. The molecule has 0 aromatic carbocycles. The van der Waals surface area contributed by atoms with Crippen LogP contribution >= 0.6 is 0 Å². The SMILES string of the molecule is CC(C)(C)OC(=O)[C@H]1CCOS(=O)(=O)N1C(=O)O. The molecule has 0 spiro atoms. The van der Waals surface area contributed by atoms with E-state index in [1.165, 1.54) is 0 Å². The van der Waals surface area contributed by atoms with Crippen LogP contribution in [0.2, 0.25) is 0 Å². The van der Waals surface area contributed by atoms with Crippen LogP contribution in [-0.4, -0.2) is 48.1 Å². The number of carboxylic acid groups (broad SMARTS) is 1. The molecule has 1 atom stereocenters. The van der Waals surface area contributed by atoms with Crippen molar-refractivity contribution in [3.63, 3.8) is 0 Å². The molecule has 1 amide bonds. The Hall–Kier alpha value is -1.35. The number of carbonyl (C=O) groups excluding carboxylic acids is 1. The number of ether oxygens (including phenoxy) is 1. The van der Waals surface area contributed by atoms with Crippen LogP contribution in [0.4, 0.5) is 4.79 Å². The minimum Gasteiger partial charge on any atom is -0.464 e. The van der Waals surface area contributed by atoms with E-state index in [1.54, 1.807) is 20.8 Å². The van der Waals surface area contributed by atoms with Crippen molar-refractivity contribution in [2.24, 2.45) is 0 Å². The van der Waals surface area contributed by atoms with Gasteiger partial charge in [-0.25, -0.2) is 9.59 Å². The van der Waals surface area contributed by atoms with Crippen molar-refractivity contribution >= 4 is 22.4 Å². The van der Waals surface area contributed by atoms with Crippen LogP contribution in [0, 0.1) is 0 Å². The molecule has 1 rings (SSSR count). The van der Waals surface area contributed by atoms with Gasteiger partial charge in [0.2, 0.25) is 0 Å². The maximum Gasteiger partial charge on any atom is 0.423 e. The topological polar surface area (TPSA) is 110 Å². The normalized spacial score (nSPS) is 23.5. The summed E-state index contributed by atoms with van der Waals surface area (Å²) < 4.78 is 32.2. The third-order valence-electron chi connectivity index (χ3n) is 2.01. The highest BCUT2D eigenvalue weighted by molar-refractivity contribution is 7.85. The summed E-state index contributed by atoms with van der Waals surface area (Å²) in [4.78, 5) is 22.7. The molecule has 8 nitrogen and oxygen atoms in total. The van der Waals surface area contributed by atoms with Crippen LogP contribution in [-0.2, 0) is 24.0 Å². The highest BCUT2D eigenvalue weighted by Gasteiger charge is 2.44. The zero-order valence-electron chi connectivity index (χ0n) is 10.2. The van der Waals surface area contributed by atoms with Crippen LogP contribution in [0.1, 0.15) is 27.2 Å². The Morgan fingerprint density at radius 3 is 2.39 bits per heavy atom. The van der Waals surface area contributed by atoms with E-state index < -0.39 is 34.0 Å². The van der Waals surface area contributed by atoms with Gasteiger partial charge in [0, 0.05) is 6.42 Å². The summed E-state index contributed by atoms with van der Waals surface area (Å²) in [5.41, 5.74) is -0.830. The van der Waals surface area contributed by atoms with Crippen molar-refractivity contribution in [2.45, 2.75) is 38.8 Å². The fourth-order valence-corrected chi connectivity index (χ4v) is 2.52. The zero-order chi connectivity index (χ0) is 14.1. The second kappa shape index (κ2) is 4.73. The molecule has 9 heteroatoms. The number of rotatable bonds is 1. The summed E-state index contributed by atoms with van der Waals surface area (Å²) in [6.45, 7) is 4.55. The molecule has 1 N–H and O–H groups in total. The Bertz CT molecular complexity index is 450. The van der Waals surface area contributed by atoms with Crippen molar-refractivity contribution in [3.8, 4) is 0 Å². The predicted octanol–water partition coefficient (Wildman–Crippen LogP) is 0.342. The van der Waals surface area contributed by atoms with Gasteiger partial charge in [-0.3, -0.25) is 4.18 Å². The quantitative estimate of drug-likeness (QED) is 0.690. The summed E-state index contributed by atoms with van der Waals surface area (Å²) in [6, 6.07) is -1.40. The first kappa shape index (κ1) is 14.7. The second-order valence-electron chi connectivity index (χ2n) is 4.70. The lowest BCUT2D eigenvalue weighted by molar-refractivity contribution is -0.160. The summed E-state index contributed by atoms with van der Waals surface area (Å²) in [5.74, 6) is -0.906. The molecule has 0 aliphatic carbocycles. The summed E-state index contributed by atoms with van der Waals surface area (Å²) >= 11 is 0. The third kappa shape index (κ3) is 3.33. The molecule has 0 aromatic heterocycles. The van der Waals surface area contributed by atoms with Gasteiger partial charge in [-0.15, -0.1) is 0 Å². The Balaban J connectivity index is 2.99. The van der Waals surface area contributed by atoms with Crippen LogP contribution in [0.3, 0.4) is 0 Å². The standard InChI is InChI=1S/C9H15NO7S/c1-9(2,3)17-7(11)6-4-5-16-18(14,15)10(6)8(12)13/h6H,4-5H2,1-3H3,(H,12,13)/t6-/m1/s1. The lowest BCUT2D eigenvalue weighted by Gasteiger charge is -2.32. The molecule has 104 valence electrons. The van der Waals surface area contributed by atoms with E-state index in [0.29, 0.717) is 0 Å².